The highest BCUT2D eigenvalue weighted by Crippen LogP contribution is 2.12. The van der Waals surface area contributed by atoms with Gasteiger partial charge in [0.15, 0.2) is 6.73 Å². The molecule has 1 aromatic rings. The monoisotopic (exact) mass is 322 g/mol. The number of carbonyl (C=O) groups is 1. The highest BCUT2D eigenvalue weighted by Gasteiger charge is 2.00. The zero-order valence-corrected chi connectivity index (χ0v) is 14.4. The Morgan fingerprint density at radius 2 is 1.74 bits per heavy atom. The topological polar surface area (TPSA) is 59.6 Å². The lowest BCUT2D eigenvalue weighted by atomic mass is 10.1. The average molecular weight is 322 g/mol. The van der Waals surface area contributed by atoms with Crippen LogP contribution in [-0.4, -0.2) is 32.5 Å². The summed E-state index contributed by atoms with van der Waals surface area (Å²) in [6.07, 6.45) is 5.25. The van der Waals surface area contributed by atoms with Gasteiger partial charge in [0.05, 0.1) is 0 Å². The van der Waals surface area contributed by atoms with Crippen LogP contribution in [0.3, 0.4) is 0 Å². The van der Waals surface area contributed by atoms with Crippen molar-refractivity contribution in [3.05, 3.63) is 29.8 Å². The van der Waals surface area contributed by atoms with E-state index in [0.717, 1.165) is 44.5 Å². The van der Waals surface area contributed by atoms with Crippen LogP contribution >= 0.6 is 0 Å². The van der Waals surface area contributed by atoms with Crippen molar-refractivity contribution >= 4 is 6.03 Å². The lowest BCUT2D eigenvalue weighted by Gasteiger charge is -2.10. The van der Waals surface area contributed by atoms with Crippen molar-refractivity contribution in [2.45, 2.75) is 46.0 Å². The smallest absolute Gasteiger partial charge is 0.317 e. The molecule has 0 heterocycles. The lowest BCUT2D eigenvalue weighted by molar-refractivity contribution is 0.129. The maximum absolute atomic E-state index is 11.6. The highest BCUT2D eigenvalue weighted by molar-refractivity contribution is 5.73. The Labute approximate surface area is 139 Å². The first-order chi connectivity index (χ1) is 11.3. The van der Waals surface area contributed by atoms with E-state index in [1.807, 2.05) is 12.1 Å². The van der Waals surface area contributed by atoms with Crippen molar-refractivity contribution in [3.8, 4) is 5.75 Å². The molecule has 2 amide bonds. The van der Waals surface area contributed by atoms with Gasteiger partial charge < -0.3 is 20.1 Å². The van der Waals surface area contributed by atoms with Crippen molar-refractivity contribution in [1.82, 2.24) is 10.6 Å². The zero-order chi connectivity index (χ0) is 16.8. The molecule has 0 aliphatic rings. The van der Waals surface area contributed by atoms with Gasteiger partial charge in [0.25, 0.3) is 0 Å². The minimum Gasteiger partial charge on any atom is -0.473 e. The first-order valence-electron chi connectivity index (χ1n) is 8.57. The van der Waals surface area contributed by atoms with Crippen LogP contribution in [0, 0.1) is 0 Å². The molecule has 23 heavy (non-hydrogen) atoms. The summed E-state index contributed by atoms with van der Waals surface area (Å²) < 4.78 is 10.9. The third-order valence-electron chi connectivity index (χ3n) is 3.33. The van der Waals surface area contributed by atoms with Crippen LogP contribution in [0.25, 0.3) is 0 Å². The van der Waals surface area contributed by atoms with E-state index in [0.29, 0.717) is 13.2 Å². The van der Waals surface area contributed by atoms with E-state index in [1.54, 1.807) is 0 Å². The summed E-state index contributed by atoms with van der Waals surface area (Å²) in [5.74, 6) is 0.759. The van der Waals surface area contributed by atoms with Gasteiger partial charge in [0, 0.05) is 19.8 Å². The Bertz CT molecular complexity index is 421. The van der Waals surface area contributed by atoms with Gasteiger partial charge in [-0.25, -0.2) is 4.79 Å². The number of benzene rings is 1. The molecule has 0 saturated heterocycles. The summed E-state index contributed by atoms with van der Waals surface area (Å²) in [4.78, 5) is 11.6. The molecule has 2 N–H and O–H groups in total. The fourth-order valence-corrected chi connectivity index (χ4v) is 2.01. The Morgan fingerprint density at radius 3 is 2.43 bits per heavy atom. The SMILES string of the molecule is CCCCOCCCNC(=O)NCOc1ccc(CCC)cc1. The third-order valence-corrected chi connectivity index (χ3v) is 3.33. The summed E-state index contributed by atoms with van der Waals surface area (Å²) in [6, 6.07) is 7.74. The number of amides is 2. The highest BCUT2D eigenvalue weighted by atomic mass is 16.5. The van der Waals surface area contributed by atoms with E-state index < -0.39 is 0 Å². The van der Waals surface area contributed by atoms with Crippen molar-refractivity contribution < 1.29 is 14.3 Å². The molecule has 0 bridgehead atoms. The Kier molecular flexibility index (Phi) is 10.7. The average Bonchev–Trinajstić information content (AvgIpc) is 2.56. The van der Waals surface area contributed by atoms with Crippen molar-refractivity contribution in [1.29, 1.82) is 0 Å². The quantitative estimate of drug-likeness (QED) is 0.457. The molecule has 0 aromatic heterocycles. The number of carbonyl (C=O) groups excluding carboxylic acids is 1. The standard InChI is InChI=1S/C18H30N2O3/c1-3-5-13-22-14-6-12-19-18(21)20-15-23-17-10-8-16(7-4-2)9-11-17/h8-11H,3-7,12-15H2,1-2H3,(H2,19,20,21). The van der Waals surface area contributed by atoms with Gasteiger partial charge in [-0.15, -0.1) is 0 Å². The summed E-state index contributed by atoms with van der Waals surface area (Å²) in [5, 5.41) is 5.44. The van der Waals surface area contributed by atoms with Crippen LogP contribution in [0.1, 0.15) is 45.1 Å². The molecule has 5 nitrogen and oxygen atoms in total. The first kappa shape index (κ1) is 19.3. The van der Waals surface area contributed by atoms with Crippen LogP contribution in [0.2, 0.25) is 0 Å². The van der Waals surface area contributed by atoms with Crippen LogP contribution in [0.4, 0.5) is 4.79 Å². The molecular weight excluding hydrogens is 292 g/mol. The van der Waals surface area contributed by atoms with Crippen LogP contribution in [-0.2, 0) is 11.2 Å². The molecule has 0 unspecified atom stereocenters. The van der Waals surface area contributed by atoms with E-state index >= 15 is 0 Å². The van der Waals surface area contributed by atoms with E-state index in [4.69, 9.17) is 9.47 Å². The Balaban J connectivity index is 2.03. The van der Waals surface area contributed by atoms with Gasteiger partial charge in [-0.1, -0.05) is 38.8 Å². The van der Waals surface area contributed by atoms with Gasteiger partial charge in [0.2, 0.25) is 0 Å². The molecule has 1 rings (SSSR count). The molecule has 0 aliphatic heterocycles. The minimum atomic E-state index is -0.221. The predicted octanol–water partition coefficient (Wildman–Crippen LogP) is 3.48. The summed E-state index contributed by atoms with van der Waals surface area (Å²) in [6.45, 7) is 6.53. The Hall–Kier alpha value is -1.75. The first-order valence-corrected chi connectivity index (χ1v) is 8.57. The van der Waals surface area contributed by atoms with Gasteiger partial charge in [0.1, 0.15) is 5.75 Å². The number of nitrogens with one attached hydrogen (secondary N) is 2. The second-order valence-electron chi connectivity index (χ2n) is 5.43. The van der Waals surface area contributed by atoms with Crippen LogP contribution in [0.5, 0.6) is 5.75 Å². The van der Waals surface area contributed by atoms with E-state index in [9.17, 15) is 4.79 Å². The lowest BCUT2D eigenvalue weighted by Crippen LogP contribution is -2.38. The normalized spacial score (nSPS) is 10.3. The molecule has 1 aromatic carbocycles. The van der Waals surface area contributed by atoms with Crippen molar-refractivity contribution in [2.24, 2.45) is 0 Å². The van der Waals surface area contributed by atoms with E-state index in [2.05, 4.69) is 36.6 Å². The number of urea groups is 1. The van der Waals surface area contributed by atoms with Crippen molar-refractivity contribution in [2.75, 3.05) is 26.5 Å². The molecular formula is C18H30N2O3. The minimum absolute atomic E-state index is 0.159. The fourth-order valence-electron chi connectivity index (χ4n) is 2.01. The zero-order valence-electron chi connectivity index (χ0n) is 14.4. The molecule has 0 aliphatic carbocycles. The summed E-state index contributed by atoms with van der Waals surface area (Å²) in [7, 11) is 0. The maximum Gasteiger partial charge on any atom is 0.317 e. The largest absolute Gasteiger partial charge is 0.473 e. The predicted molar refractivity (Wildman–Crippen MR) is 92.8 cm³/mol. The molecule has 130 valence electrons. The number of hydrogen-bond donors (Lipinski definition) is 2. The van der Waals surface area contributed by atoms with Crippen molar-refractivity contribution in [3.63, 3.8) is 0 Å². The van der Waals surface area contributed by atoms with Gasteiger partial charge in [-0.05, 0) is 37.0 Å². The van der Waals surface area contributed by atoms with E-state index in [-0.39, 0.29) is 12.8 Å². The second kappa shape index (κ2) is 12.8. The number of ether oxygens (including phenoxy) is 2. The summed E-state index contributed by atoms with van der Waals surface area (Å²) in [5.41, 5.74) is 1.30. The molecule has 0 atom stereocenters. The fraction of sp³-hybridized carbons (Fsp3) is 0.611. The number of rotatable bonds is 12. The molecule has 0 fully saturated rings. The van der Waals surface area contributed by atoms with E-state index in [1.165, 1.54) is 5.56 Å². The van der Waals surface area contributed by atoms with Gasteiger partial charge in [-0.2, -0.15) is 0 Å². The molecule has 0 saturated carbocycles. The van der Waals surface area contributed by atoms with Crippen LogP contribution in [0.15, 0.2) is 24.3 Å². The molecule has 5 heteroatoms. The Morgan fingerprint density at radius 1 is 1.00 bits per heavy atom. The van der Waals surface area contributed by atoms with Gasteiger partial charge >= 0.3 is 6.03 Å². The third kappa shape index (κ3) is 9.79. The molecule has 0 spiro atoms. The number of unbranched alkanes of at least 4 members (excludes halogenated alkanes) is 1. The number of aryl methyl sites for hydroxylation is 1. The molecule has 0 radical (unpaired) electrons. The summed E-state index contributed by atoms with van der Waals surface area (Å²) >= 11 is 0. The van der Waals surface area contributed by atoms with Gasteiger partial charge in [-0.3, -0.25) is 0 Å². The maximum atomic E-state index is 11.6. The number of hydrogen-bond acceptors (Lipinski definition) is 3. The van der Waals surface area contributed by atoms with Crippen LogP contribution < -0.4 is 15.4 Å². The second-order valence-corrected chi connectivity index (χ2v) is 5.43.